The lowest BCUT2D eigenvalue weighted by Crippen LogP contribution is -2.11. The van der Waals surface area contributed by atoms with E-state index >= 15 is 0 Å². The van der Waals surface area contributed by atoms with E-state index in [1.54, 1.807) is 0 Å². The predicted molar refractivity (Wildman–Crippen MR) is 87.0 cm³/mol. The number of aromatic nitrogens is 2. The number of hydrogen-bond acceptors (Lipinski definition) is 4. The van der Waals surface area contributed by atoms with E-state index in [9.17, 15) is 0 Å². The summed E-state index contributed by atoms with van der Waals surface area (Å²) in [5.74, 6) is 1.97. The van der Waals surface area contributed by atoms with Crippen molar-refractivity contribution in [2.45, 2.75) is 69.8 Å². The fraction of sp³-hybridized carbons (Fsp3) is 0.750. The van der Waals surface area contributed by atoms with Crippen LogP contribution in [0.1, 0.15) is 61.3 Å². The van der Waals surface area contributed by atoms with Crippen LogP contribution in [0.5, 0.6) is 0 Å². The Kier molecular flexibility index (Phi) is 6.30. The van der Waals surface area contributed by atoms with Gasteiger partial charge in [0.1, 0.15) is 5.82 Å². The molecular weight excluding hydrogens is 266 g/mol. The highest BCUT2D eigenvalue weighted by Gasteiger charge is 2.15. The first-order chi connectivity index (χ1) is 9.70. The van der Waals surface area contributed by atoms with Crippen molar-refractivity contribution in [2.75, 3.05) is 6.54 Å². The topological polar surface area (TPSA) is 51.8 Å². The van der Waals surface area contributed by atoms with Gasteiger partial charge < -0.3 is 5.73 Å². The molecule has 0 atom stereocenters. The van der Waals surface area contributed by atoms with Crippen molar-refractivity contribution in [3.05, 3.63) is 22.8 Å². The first-order valence-electron chi connectivity index (χ1n) is 7.85. The van der Waals surface area contributed by atoms with Crippen molar-refractivity contribution < 1.29 is 0 Å². The molecule has 0 aliphatic heterocycles. The first kappa shape index (κ1) is 15.8. The second-order valence-corrected chi connectivity index (χ2v) is 7.04. The largest absolute Gasteiger partial charge is 0.330 e. The Morgan fingerprint density at radius 1 is 1.10 bits per heavy atom. The molecule has 1 aliphatic carbocycles. The quantitative estimate of drug-likeness (QED) is 0.871. The molecule has 112 valence electrons. The van der Waals surface area contributed by atoms with Gasteiger partial charge in [-0.15, -0.1) is 0 Å². The van der Waals surface area contributed by atoms with Gasteiger partial charge in [-0.3, -0.25) is 0 Å². The minimum atomic E-state index is 0.734. The van der Waals surface area contributed by atoms with Gasteiger partial charge in [0.05, 0.1) is 5.75 Å². The van der Waals surface area contributed by atoms with Gasteiger partial charge in [0.25, 0.3) is 0 Å². The summed E-state index contributed by atoms with van der Waals surface area (Å²) >= 11 is 2.05. The van der Waals surface area contributed by atoms with E-state index in [-0.39, 0.29) is 0 Å². The summed E-state index contributed by atoms with van der Waals surface area (Å²) in [6.07, 6.45) is 8.98. The van der Waals surface area contributed by atoms with Gasteiger partial charge in [0, 0.05) is 16.6 Å². The highest BCUT2D eigenvalue weighted by molar-refractivity contribution is 7.99. The predicted octanol–water partition coefficient (Wildman–Crippen LogP) is 3.55. The summed E-state index contributed by atoms with van der Waals surface area (Å²) < 4.78 is 0. The van der Waals surface area contributed by atoms with Crippen molar-refractivity contribution in [3.63, 3.8) is 0 Å². The Hall–Kier alpha value is -0.610. The van der Waals surface area contributed by atoms with Crippen LogP contribution < -0.4 is 5.73 Å². The third-order valence-corrected chi connectivity index (χ3v) is 5.47. The Bertz CT molecular complexity index is 405. The molecule has 2 N–H and O–H groups in total. The molecule has 1 aromatic rings. The fourth-order valence-electron chi connectivity index (χ4n) is 2.94. The molecule has 2 rings (SSSR count). The summed E-state index contributed by atoms with van der Waals surface area (Å²) in [5, 5.41) is 0.824. The zero-order valence-corrected chi connectivity index (χ0v) is 13.6. The second kappa shape index (κ2) is 7.99. The molecule has 0 unspecified atom stereocenters. The van der Waals surface area contributed by atoms with Crippen molar-refractivity contribution >= 4 is 11.8 Å². The monoisotopic (exact) mass is 293 g/mol. The molecule has 3 nitrogen and oxygen atoms in total. The summed E-state index contributed by atoms with van der Waals surface area (Å²) in [6.45, 7) is 4.95. The Balaban J connectivity index is 1.94. The molecule has 0 amide bonds. The minimum Gasteiger partial charge on any atom is -0.330 e. The maximum absolute atomic E-state index is 5.59. The van der Waals surface area contributed by atoms with Crippen LogP contribution in [0.3, 0.4) is 0 Å². The van der Waals surface area contributed by atoms with Crippen LogP contribution in [0.15, 0.2) is 0 Å². The molecule has 20 heavy (non-hydrogen) atoms. The van der Waals surface area contributed by atoms with E-state index in [2.05, 4.69) is 13.8 Å². The molecule has 0 saturated heterocycles. The van der Waals surface area contributed by atoms with Gasteiger partial charge in [-0.2, -0.15) is 11.8 Å². The maximum atomic E-state index is 5.59. The molecule has 1 aromatic heterocycles. The van der Waals surface area contributed by atoms with Gasteiger partial charge in [0.15, 0.2) is 0 Å². The zero-order valence-electron chi connectivity index (χ0n) is 12.8. The van der Waals surface area contributed by atoms with E-state index in [0.717, 1.165) is 47.6 Å². The number of hydrogen-bond donors (Lipinski definition) is 1. The summed E-state index contributed by atoms with van der Waals surface area (Å²) in [4.78, 5) is 9.40. The average Bonchev–Trinajstić information content (AvgIpc) is 2.45. The highest BCUT2D eigenvalue weighted by Crippen LogP contribution is 2.30. The summed E-state index contributed by atoms with van der Waals surface area (Å²) in [5.41, 5.74) is 9.17. The molecular formula is C16H27N3S. The molecule has 1 fully saturated rings. The first-order valence-corrected chi connectivity index (χ1v) is 8.90. The van der Waals surface area contributed by atoms with Crippen molar-refractivity contribution in [1.82, 2.24) is 9.97 Å². The summed E-state index contributed by atoms with van der Waals surface area (Å²) in [7, 11) is 0. The summed E-state index contributed by atoms with van der Waals surface area (Å²) in [6, 6.07) is 0. The van der Waals surface area contributed by atoms with E-state index in [1.807, 2.05) is 11.8 Å². The van der Waals surface area contributed by atoms with Crippen molar-refractivity contribution in [1.29, 1.82) is 0 Å². The third kappa shape index (κ3) is 4.45. The number of nitrogens with two attached hydrogens (primary N) is 1. The highest BCUT2D eigenvalue weighted by atomic mass is 32.2. The molecule has 0 bridgehead atoms. The lowest BCUT2D eigenvalue weighted by atomic mass is 10.0. The Morgan fingerprint density at radius 3 is 2.35 bits per heavy atom. The minimum absolute atomic E-state index is 0.734. The lowest BCUT2D eigenvalue weighted by Gasteiger charge is -2.20. The SMILES string of the molecule is Cc1nc(CSC2CCCCC2)nc(C)c1CCCN. The van der Waals surface area contributed by atoms with E-state index in [1.165, 1.54) is 37.7 Å². The third-order valence-electron chi connectivity index (χ3n) is 4.10. The normalized spacial score (nSPS) is 16.6. The Labute approximate surface area is 127 Å². The molecule has 1 aliphatic rings. The average molecular weight is 293 g/mol. The number of thioether (sulfide) groups is 1. The van der Waals surface area contributed by atoms with Crippen LogP contribution in [0, 0.1) is 13.8 Å². The molecule has 4 heteroatoms. The number of aryl methyl sites for hydroxylation is 2. The van der Waals surface area contributed by atoms with Crippen LogP contribution in [-0.2, 0) is 12.2 Å². The maximum Gasteiger partial charge on any atom is 0.138 e. The van der Waals surface area contributed by atoms with Gasteiger partial charge in [-0.1, -0.05) is 19.3 Å². The Morgan fingerprint density at radius 2 is 1.75 bits per heavy atom. The van der Waals surface area contributed by atoms with Crippen LogP contribution in [0.4, 0.5) is 0 Å². The molecule has 0 radical (unpaired) electrons. The van der Waals surface area contributed by atoms with Crippen molar-refractivity contribution in [2.24, 2.45) is 5.73 Å². The molecule has 0 spiro atoms. The zero-order chi connectivity index (χ0) is 14.4. The van der Waals surface area contributed by atoms with Crippen LogP contribution in [0.2, 0.25) is 0 Å². The smallest absolute Gasteiger partial charge is 0.138 e. The molecule has 1 heterocycles. The van der Waals surface area contributed by atoms with Gasteiger partial charge in [0.2, 0.25) is 0 Å². The van der Waals surface area contributed by atoms with E-state index < -0.39 is 0 Å². The van der Waals surface area contributed by atoms with Gasteiger partial charge in [-0.05, 0) is 51.6 Å². The van der Waals surface area contributed by atoms with E-state index in [4.69, 9.17) is 15.7 Å². The van der Waals surface area contributed by atoms with Gasteiger partial charge >= 0.3 is 0 Å². The molecule has 0 aromatic carbocycles. The fourth-order valence-corrected chi connectivity index (χ4v) is 4.12. The van der Waals surface area contributed by atoms with E-state index in [0.29, 0.717) is 0 Å². The number of rotatable bonds is 6. The molecule has 1 saturated carbocycles. The second-order valence-electron chi connectivity index (χ2n) is 5.75. The van der Waals surface area contributed by atoms with Crippen LogP contribution in [-0.4, -0.2) is 21.8 Å². The standard InChI is InChI=1S/C16H27N3S/c1-12-15(9-6-10-17)13(2)19-16(18-12)11-20-14-7-4-3-5-8-14/h14H,3-11,17H2,1-2H3. The van der Waals surface area contributed by atoms with Gasteiger partial charge in [-0.25, -0.2) is 9.97 Å². The lowest BCUT2D eigenvalue weighted by molar-refractivity contribution is 0.516. The van der Waals surface area contributed by atoms with Crippen LogP contribution >= 0.6 is 11.8 Å². The number of nitrogens with zero attached hydrogens (tertiary/aromatic N) is 2. The van der Waals surface area contributed by atoms with Crippen molar-refractivity contribution in [3.8, 4) is 0 Å². The van der Waals surface area contributed by atoms with Crippen LogP contribution in [0.25, 0.3) is 0 Å².